The summed E-state index contributed by atoms with van der Waals surface area (Å²) in [5, 5.41) is 5.88. The number of likely N-dealkylation sites (N-methyl/N-ethyl adjacent to an activating group) is 1. The Labute approximate surface area is 229 Å². The molecule has 0 unspecified atom stereocenters. The van der Waals surface area contributed by atoms with Crippen LogP contribution in [0.25, 0.3) is 11.1 Å². The standard InChI is InChI=1S/C32H34N4O3/c1-32(2,3)25-16-14-24(15-17-25)29-28-26(35(4)31(39)34-29)19-36(30(28)38)20-27(37)33-18-21-10-12-23(13-11-21)22-8-6-5-7-9-22/h5-17,29H,18-20H2,1-4H3,(H,33,37)(H,34,39)/t29-/m1/s1. The van der Waals surface area contributed by atoms with Crippen molar-refractivity contribution < 1.29 is 14.4 Å². The van der Waals surface area contributed by atoms with Gasteiger partial charge >= 0.3 is 6.03 Å². The molecule has 0 bridgehead atoms. The van der Waals surface area contributed by atoms with Gasteiger partial charge in [-0.3, -0.25) is 14.5 Å². The summed E-state index contributed by atoms with van der Waals surface area (Å²) in [5.41, 5.74) is 6.39. The van der Waals surface area contributed by atoms with E-state index < -0.39 is 6.04 Å². The third-order valence-electron chi connectivity index (χ3n) is 7.43. The number of hydrogen-bond acceptors (Lipinski definition) is 3. The number of urea groups is 1. The lowest BCUT2D eigenvalue weighted by atomic mass is 9.85. The van der Waals surface area contributed by atoms with Crippen molar-refractivity contribution in [3.63, 3.8) is 0 Å². The van der Waals surface area contributed by atoms with Crippen LogP contribution in [0.1, 0.15) is 43.5 Å². The molecule has 0 spiro atoms. The van der Waals surface area contributed by atoms with Gasteiger partial charge in [-0.2, -0.15) is 0 Å². The molecule has 2 aliphatic heterocycles. The predicted octanol–water partition coefficient (Wildman–Crippen LogP) is 4.76. The molecule has 0 saturated carbocycles. The molecule has 3 aromatic carbocycles. The van der Waals surface area contributed by atoms with Crippen molar-refractivity contribution in [2.45, 2.75) is 38.8 Å². The van der Waals surface area contributed by atoms with Gasteiger partial charge in [0.2, 0.25) is 5.91 Å². The van der Waals surface area contributed by atoms with Crippen molar-refractivity contribution in [2.24, 2.45) is 0 Å². The first-order valence-corrected chi connectivity index (χ1v) is 13.2. The number of nitrogens with zero attached hydrogens (tertiary/aromatic N) is 2. The molecule has 0 fully saturated rings. The van der Waals surface area contributed by atoms with E-state index in [-0.39, 0.29) is 36.3 Å². The third-order valence-corrected chi connectivity index (χ3v) is 7.43. The fourth-order valence-electron chi connectivity index (χ4n) is 5.05. The van der Waals surface area contributed by atoms with E-state index >= 15 is 0 Å². The van der Waals surface area contributed by atoms with E-state index in [0.717, 1.165) is 22.3 Å². The van der Waals surface area contributed by atoms with Gasteiger partial charge in [0.05, 0.1) is 23.9 Å². The topological polar surface area (TPSA) is 81.8 Å². The summed E-state index contributed by atoms with van der Waals surface area (Å²) in [7, 11) is 1.65. The van der Waals surface area contributed by atoms with Crippen molar-refractivity contribution in [3.8, 4) is 11.1 Å². The average molecular weight is 523 g/mol. The predicted molar refractivity (Wildman–Crippen MR) is 152 cm³/mol. The summed E-state index contributed by atoms with van der Waals surface area (Å²) >= 11 is 0. The molecule has 7 heteroatoms. The van der Waals surface area contributed by atoms with Crippen molar-refractivity contribution >= 4 is 17.8 Å². The van der Waals surface area contributed by atoms with Gasteiger partial charge in [0.25, 0.3) is 5.91 Å². The number of rotatable bonds is 6. The van der Waals surface area contributed by atoms with Gasteiger partial charge in [-0.15, -0.1) is 0 Å². The number of hydrogen-bond donors (Lipinski definition) is 2. The number of carbonyl (C=O) groups is 3. The molecule has 0 aliphatic carbocycles. The van der Waals surface area contributed by atoms with E-state index in [1.165, 1.54) is 15.4 Å². The summed E-state index contributed by atoms with van der Waals surface area (Å²) in [4.78, 5) is 42.0. The number of carbonyl (C=O) groups excluding carboxylic acids is 3. The van der Waals surface area contributed by atoms with Crippen LogP contribution in [0.15, 0.2) is 90.1 Å². The average Bonchev–Trinajstić information content (AvgIpc) is 3.25. The molecule has 0 saturated heterocycles. The van der Waals surface area contributed by atoms with Crippen LogP contribution in [-0.4, -0.2) is 47.8 Å². The molecule has 3 aromatic rings. The summed E-state index contributed by atoms with van der Waals surface area (Å²) in [6.07, 6.45) is 0. The molecule has 5 rings (SSSR count). The van der Waals surface area contributed by atoms with E-state index in [1.807, 2.05) is 66.7 Å². The monoisotopic (exact) mass is 522 g/mol. The molecule has 2 heterocycles. The lowest BCUT2D eigenvalue weighted by Crippen LogP contribution is -2.45. The van der Waals surface area contributed by atoms with Gasteiger partial charge < -0.3 is 15.5 Å². The van der Waals surface area contributed by atoms with Crippen molar-refractivity contribution in [1.82, 2.24) is 20.4 Å². The highest BCUT2D eigenvalue weighted by Crippen LogP contribution is 2.36. The summed E-state index contributed by atoms with van der Waals surface area (Å²) in [5.74, 6) is -0.479. The normalized spacial score (nSPS) is 17.3. The molecular weight excluding hydrogens is 488 g/mol. The molecule has 1 atom stereocenters. The molecule has 39 heavy (non-hydrogen) atoms. The maximum absolute atomic E-state index is 13.5. The summed E-state index contributed by atoms with van der Waals surface area (Å²) in [6.45, 7) is 6.93. The molecule has 4 amide bonds. The number of amides is 4. The van der Waals surface area contributed by atoms with E-state index in [0.29, 0.717) is 17.8 Å². The van der Waals surface area contributed by atoms with Gasteiger partial charge in [0.15, 0.2) is 0 Å². The minimum atomic E-state index is -0.554. The smallest absolute Gasteiger partial charge is 0.322 e. The molecule has 0 aromatic heterocycles. The number of nitrogens with one attached hydrogen (secondary N) is 2. The zero-order chi connectivity index (χ0) is 27.7. The summed E-state index contributed by atoms with van der Waals surface area (Å²) in [6, 6.07) is 25.4. The Kier molecular flexibility index (Phi) is 7.00. The Hall–Kier alpha value is -4.39. The Morgan fingerprint density at radius 1 is 0.923 bits per heavy atom. The molecule has 0 radical (unpaired) electrons. The van der Waals surface area contributed by atoms with Crippen molar-refractivity contribution in [1.29, 1.82) is 0 Å². The van der Waals surface area contributed by atoms with Gasteiger partial charge in [-0.1, -0.05) is 99.6 Å². The van der Waals surface area contributed by atoms with E-state index in [4.69, 9.17) is 0 Å². The second kappa shape index (κ2) is 10.4. The lowest BCUT2D eigenvalue weighted by molar-refractivity contribution is -0.132. The molecule has 7 nitrogen and oxygen atoms in total. The van der Waals surface area contributed by atoms with E-state index in [2.05, 4.69) is 43.5 Å². The second-order valence-corrected chi connectivity index (χ2v) is 11.2. The van der Waals surface area contributed by atoms with Crippen LogP contribution in [0.2, 0.25) is 0 Å². The Balaban J connectivity index is 1.24. The minimum absolute atomic E-state index is 0.00371. The zero-order valence-corrected chi connectivity index (χ0v) is 22.8. The first kappa shape index (κ1) is 26.2. The van der Waals surface area contributed by atoms with Gasteiger partial charge in [0, 0.05) is 13.6 Å². The highest BCUT2D eigenvalue weighted by Gasteiger charge is 2.43. The molecule has 200 valence electrons. The van der Waals surface area contributed by atoms with Crippen molar-refractivity contribution in [2.75, 3.05) is 20.1 Å². The van der Waals surface area contributed by atoms with Crippen LogP contribution < -0.4 is 10.6 Å². The van der Waals surface area contributed by atoms with E-state index in [9.17, 15) is 14.4 Å². The zero-order valence-electron chi connectivity index (χ0n) is 22.8. The fraction of sp³-hybridized carbons (Fsp3) is 0.281. The first-order chi connectivity index (χ1) is 18.6. The van der Waals surface area contributed by atoms with E-state index in [1.54, 1.807) is 7.05 Å². The minimum Gasteiger partial charge on any atom is -0.350 e. The highest BCUT2D eigenvalue weighted by molar-refractivity contribution is 6.02. The maximum Gasteiger partial charge on any atom is 0.322 e. The van der Waals surface area contributed by atoms with Crippen LogP contribution in [0.3, 0.4) is 0 Å². The first-order valence-electron chi connectivity index (χ1n) is 13.2. The quantitative estimate of drug-likeness (QED) is 0.490. The Bertz CT molecular complexity index is 1420. The Morgan fingerprint density at radius 3 is 2.21 bits per heavy atom. The molecule has 2 aliphatic rings. The third kappa shape index (κ3) is 5.43. The van der Waals surface area contributed by atoms with Gasteiger partial charge in [-0.25, -0.2) is 4.79 Å². The van der Waals surface area contributed by atoms with Crippen molar-refractivity contribution in [3.05, 3.63) is 107 Å². The highest BCUT2D eigenvalue weighted by atomic mass is 16.2. The maximum atomic E-state index is 13.5. The van der Waals surface area contributed by atoms with Gasteiger partial charge in [0.1, 0.15) is 6.54 Å². The molecule has 2 N–H and O–H groups in total. The summed E-state index contributed by atoms with van der Waals surface area (Å²) < 4.78 is 0. The molecular formula is C32H34N4O3. The second-order valence-electron chi connectivity index (χ2n) is 11.2. The SMILES string of the molecule is CN1C(=O)N[C@H](c2ccc(C(C)(C)C)cc2)C2=C1CN(CC(=O)NCc1ccc(-c3ccccc3)cc1)C2=O. The Morgan fingerprint density at radius 2 is 1.56 bits per heavy atom. The van der Waals surface area contributed by atoms with Crippen LogP contribution in [0.4, 0.5) is 4.79 Å². The largest absolute Gasteiger partial charge is 0.350 e. The fourth-order valence-corrected chi connectivity index (χ4v) is 5.05. The van der Waals surface area contributed by atoms with Crippen LogP contribution >= 0.6 is 0 Å². The lowest BCUT2D eigenvalue weighted by Gasteiger charge is -2.31. The number of benzene rings is 3. The van der Waals surface area contributed by atoms with Gasteiger partial charge in [-0.05, 0) is 33.2 Å². The van der Waals surface area contributed by atoms with Crippen LogP contribution in [-0.2, 0) is 21.5 Å². The van der Waals surface area contributed by atoms with Crippen LogP contribution in [0, 0.1) is 0 Å². The van der Waals surface area contributed by atoms with Crippen LogP contribution in [0.5, 0.6) is 0 Å².